The molecular formula is C19H26N3O4+. The lowest BCUT2D eigenvalue weighted by Crippen LogP contribution is -3.19. The van der Waals surface area contributed by atoms with Gasteiger partial charge in [0, 0.05) is 10.9 Å². The second-order valence-electron chi connectivity index (χ2n) is 6.95. The number of hydrogen-bond donors (Lipinski definition) is 3. The standard InChI is InChI=1S/C19H25N3O4/c1-11-9-22(10-12(2)26-11)13(3)18(23)21-16-14-7-5-6-8-15(14)20-17(16)19(24)25-4/h5-8,11-13,20H,9-10H2,1-4H3,(H,21,23)/p+1/t11-,12-,13+/m1/s1. The van der Waals surface area contributed by atoms with Gasteiger partial charge in [0.05, 0.1) is 12.8 Å². The maximum Gasteiger partial charge on any atom is 0.356 e. The summed E-state index contributed by atoms with van der Waals surface area (Å²) in [6.45, 7) is 7.50. The van der Waals surface area contributed by atoms with Gasteiger partial charge in [0.1, 0.15) is 31.0 Å². The number of hydrogen-bond acceptors (Lipinski definition) is 4. The summed E-state index contributed by atoms with van der Waals surface area (Å²) in [4.78, 5) is 29.2. The minimum atomic E-state index is -0.509. The molecule has 0 spiro atoms. The van der Waals surface area contributed by atoms with Crippen molar-refractivity contribution in [3.8, 4) is 0 Å². The molecule has 0 aliphatic carbocycles. The first-order valence-electron chi connectivity index (χ1n) is 8.90. The fraction of sp³-hybridized carbons (Fsp3) is 0.474. The number of carbonyl (C=O) groups excluding carboxylic acids is 2. The van der Waals surface area contributed by atoms with Crippen LogP contribution in [0.5, 0.6) is 0 Å². The highest BCUT2D eigenvalue weighted by Crippen LogP contribution is 2.28. The van der Waals surface area contributed by atoms with Crippen LogP contribution in [0.4, 0.5) is 5.69 Å². The summed E-state index contributed by atoms with van der Waals surface area (Å²) in [5.41, 5.74) is 1.50. The van der Waals surface area contributed by atoms with Gasteiger partial charge in [-0.2, -0.15) is 0 Å². The molecule has 1 aliphatic heterocycles. The molecule has 0 radical (unpaired) electrons. The zero-order valence-corrected chi connectivity index (χ0v) is 15.6. The Labute approximate surface area is 152 Å². The van der Waals surface area contributed by atoms with E-state index in [1.807, 2.05) is 45.0 Å². The Morgan fingerprint density at radius 3 is 2.58 bits per heavy atom. The number of esters is 1. The number of quaternary nitrogens is 1. The maximum atomic E-state index is 12.9. The molecule has 26 heavy (non-hydrogen) atoms. The quantitative estimate of drug-likeness (QED) is 0.710. The summed E-state index contributed by atoms with van der Waals surface area (Å²) in [5.74, 6) is -0.638. The molecule has 0 bridgehead atoms. The van der Waals surface area contributed by atoms with E-state index < -0.39 is 5.97 Å². The Balaban J connectivity index is 1.85. The molecule has 1 aliphatic rings. The number of anilines is 1. The maximum absolute atomic E-state index is 12.9. The predicted molar refractivity (Wildman–Crippen MR) is 98.4 cm³/mol. The van der Waals surface area contributed by atoms with E-state index in [0.717, 1.165) is 24.0 Å². The monoisotopic (exact) mass is 360 g/mol. The molecular weight excluding hydrogens is 334 g/mol. The summed E-state index contributed by atoms with van der Waals surface area (Å²) in [7, 11) is 1.32. The smallest absolute Gasteiger partial charge is 0.356 e. The Morgan fingerprint density at radius 2 is 1.92 bits per heavy atom. The van der Waals surface area contributed by atoms with Crippen molar-refractivity contribution in [1.29, 1.82) is 0 Å². The summed E-state index contributed by atoms with van der Waals surface area (Å²) in [6, 6.07) is 7.20. The molecule has 3 rings (SSSR count). The molecule has 2 heterocycles. The van der Waals surface area contributed by atoms with Gasteiger partial charge in [-0.25, -0.2) is 4.79 Å². The van der Waals surface area contributed by atoms with Crippen LogP contribution >= 0.6 is 0 Å². The number of morpholine rings is 1. The lowest BCUT2D eigenvalue weighted by Gasteiger charge is -2.35. The zero-order valence-electron chi connectivity index (χ0n) is 15.6. The van der Waals surface area contributed by atoms with E-state index in [1.165, 1.54) is 12.0 Å². The average Bonchev–Trinajstić information content (AvgIpc) is 2.98. The Kier molecular flexibility index (Phi) is 5.29. The Bertz CT molecular complexity index is 806. The molecule has 3 atom stereocenters. The molecule has 1 aromatic heterocycles. The molecule has 1 saturated heterocycles. The second kappa shape index (κ2) is 7.47. The molecule has 0 saturated carbocycles. The number of H-pyrrole nitrogens is 1. The van der Waals surface area contributed by atoms with Gasteiger partial charge in [0.2, 0.25) is 0 Å². The van der Waals surface area contributed by atoms with Gasteiger partial charge >= 0.3 is 5.97 Å². The SMILES string of the molecule is COC(=O)c1[nH]c2ccccc2c1NC(=O)[C@H](C)[NH+]1C[C@@H](C)O[C@H](C)C1. The van der Waals surface area contributed by atoms with Crippen LogP contribution in [0.3, 0.4) is 0 Å². The van der Waals surface area contributed by atoms with Crippen molar-refractivity contribution in [2.75, 3.05) is 25.5 Å². The number of benzene rings is 1. The lowest BCUT2D eigenvalue weighted by molar-refractivity contribution is -0.928. The van der Waals surface area contributed by atoms with Crippen LogP contribution < -0.4 is 10.2 Å². The van der Waals surface area contributed by atoms with Crippen LogP contribution in [0.1, 0.15) is 31.3 Å². The number of fused-ring (bicyclic) bond motifs is 1. The molecule has 0 unspecified atom stereocenters. The third-order valence-corrected chi connectivity index (χ3v) is 4.91. The zero-order chi connectivity index (χ0) is 18.8. The van der Waals surface area contributed by atoms with Crippen molar-refractivity contribution < 1.29 is 24.0 Å². The van der Waals surface area contributed by atoms with Crippen LogP contribution in [-0.2, 0) is 14.3 Å². The van der Waals surface area contributed by atoms with Gasteiger partial charge in [-0.3, -0.25) is 4.79 Å². The first-order chi connectivity index (χ1) is 12.4. The summed E-state index contributed by atoms with van der Waals surface area (Å²) in [5, 5.41) is 3.73. The Morgan fingerprint density at radius 1 is 1.27 bits per heavy atom. The second-order valence-corrected chi connectivity index (χ2v) is 6.95. The van der Waals surface area contributed by atoms with E-state index in [1.54, 1.807) is 0 Å². The number of methoxy groups -OCH3 is 1. The molecule has 7 heteroatoms. The van der Waals surface area contributed by atoms with Crippen molar-refractivity contribution in [3.63, 3.8) is 0 Å². The topological polar surface area (TPSA) is 84.9 Å². The molecule has 3 N–H and O–H groups in total. The fourth-order valence-electron chi connectivity index (χ4n) is 3.61. The first-order valence-corrected chi connectivity index (χ1v) is 8.90. The van der Waals surface area contributed by atoms with Crippen LogP contribution in [0, 0.1) is 0 Å². The highest BCUT2D eigenvalue weighted by molar-refractivity contribution is 6.11. The van der Waals surface area contributed by atoms with E-state index in [-0.39, 0.29) is 29.9 Å². The number of carbonyl (C=O) groups is 2. The summed E-state index contributed by atoms with van der Waals surface area (Å²) < 4.78 is 10.6. The van der Waals surface area contributed by atoms with Crippen LogP contribution in [0.2, 0.25) is 0 Å². The average molecular weight is 360 g/mol. The molecule has 1 fully saturated rings. The largest absolute Gasteiger partial charge is 0.464 e. The van der Waals surface area contributed by atoms with Gasteiger partial charge in [0.15, 0.2) is 6.04 Å². The summed E-state index contributed by atoms with van der Waals surface area (Å²) in [6.07, 6.45) is 0.227. The third kappa shape index (κ3) is 3.59. The summed E-state index contributed by atoms with van der Waals surface area (Å²) >= 11 is 0. The van der Waals surface area contributed by atoms with E-state index in [0.29, 0.717) is 5.69 Å². The number of nitrogens with one attached hydrogen (secondary N) is 3. The molecule has 7 nitrogen and oxygen atoms in total. The van der Waals surface area contributed by atoms with E-state index in [4.69, 9.17) is 9.47 Å². The fourth-order valence-corrected chi connectivity index (χ4v) is 3.61. The van der Waals surface area contributed by atoms with Gasteiger partial charge < -0.3 is 24.7 Å². The van der Waals surface area contributed by atoms with Crippen molar-refractivity contribution in [3.05, 3.63) is 30.0 Å². The van der Waals surface area contributed by atoms with Crippen molar-refractivity contribution >= 4 is 28.5 Å². The van der Waals surface area contributed by atoms with Gasteiger partial charge in [-0.1, -0.05) is 18.2 Å². The molecule has 140 valence electrons. The minimum absolute atomic E-state index is 0.114. The van der Waals surface area contributed by atoms with Crippen LogP contribution in [0.15, 0.2) is 24.3 Å². The molecule has 1 amide bonds. The minimum Gasteiger partial charge on any atom is -0.464 e. The lowest BCUT2D eigenvalue weighted by atomic mass is 10.1. The number of aromatic amines is 1. The number of amides is 1. The Hall–Kier alpha value is -2.38. The van der Waals surface area contributed by atoms with Crippen LogP contribution in [-0.4, -0.2) is 55.3 Å². The van der Waals surface area contributed by atoms with E-state index in [9.17, 15) is 9.59 Å². The van der Waals surface area contributed by atoms with Crippen molar-refractivity contribution in [1.82, 2.24) is 4.98 Å². The predicted octanol–water partition coefficient (Wildman–Crippen LogP) is 0.974. The molecule has 1 aromatic carbocycles. The number of para-hydroxylation sites is 1. The van der Waals surface area contributed by atoms with Gasteiger partial charge in [-0.05, 0) is 26.8 Å². The number of rotatable bonds is 4. The van der Waals surface area contributed by atoms with Gasteiger partial charge in [-0.15, -0.1) is 0 Å². The third-order valence-electron chi connectivity index (χ3n) is 4.91. The first kappa shape index (κ1) is 18.4. The molecule has 2 aromatic rings. The number of aromatic nitrogens is 1. The van der Waals surface area contributed by atoms with Gasteiger partial charge in [0.25, 0.3) is 5.91 Å². The van der Waals surface area contributed by atoms with E-state index in [2.05, 4.69) is 10.3 Å². The van der Waals surface area contributed by atoms with Crippen LogP contribution in [0.25, 0.3) is 10.9 Å². The highest BCUT2D eigenvalue weighted by Gasteiger charge is 2.33. The highest BCUT2D eigenvalue weighted by atomic mass is 16.5. The van der Waals surface area contributed by atoms with E-state index >= 15 is 0 Å². The number of ether oxygens (including phenoxy) is 2. The van der Waals surface area contributed by atoms with Crippen molar-refractivity contribution in [2.24, 2.45) is 0 Å². The normalized spacial score (nSPS) is 24.2. The van der Waals surface area contributed by atoms with Crippen molar-refractivity contribution in [2.45, 2.75) is 39.0 Å².